The summed E-state index contributed by atoms with van der Waals surface area (Å²) < 4.78 is 1.45. The van der Waals surface area contributed by atoms with E-state index in [1.807, 2.05) is 0 Å². The van der Waals surface area contributed by atoms with Crippen molar-refractivity contribution in [3.05, 3.63) is 34.1 Å². The van der Waals surface area contributed by atoms with Crippen molar-refractivity contribution < 1.29 is 4.79 Å². The topological polar surface area (TPSA) is 85.8 Å². The van der Waals surface area contributed by atoms with E-state index in [9.17, 15) is 4.79 Å². The molecular formula is C15H19Cl2N5OS. The molecule has 0 radical (unpaired) electrons. The molecule has 0 aliphatic heterocycles. The zero-order chi connectivity index (χ0) is 17.5. The van der Waals surface area contributed by atoms with Crippen LogP contribution in [0.4, 0.5) is 5.69 Å². The number of halogens is 2. The molecular weight excluding hydrogens is 369 g/mol. The Balaban J connectivity index is 1.86. The minimum absolute atomic E-state index is 0.171. The molecule has 1 aromatic carbocycles. The summed E-state index contributed by atoms with van der Waals surface area (Å²) >= 11 is 13.0. The third kappa shape index (κ3) is 5.29. The quantitative estimate of drug-likeness (QED) is 0.409. The number of nitrogens with one attached hydrogen (secondary N) is 1. The molecule has 0 unspecified atom stereocenters. The van der Waals surface area contributed by atoms with Crippen LogP contribution in [0.5, 0.6) is 0 Å². The van der Waals surface area contributed by atoms with Gasteiger partial charge in [-0.2, -0.15) is 0 Å². The second-order valence-corrected chi connectivity index (χ2v) is 6.95. The van der Waals surface area contributed by atoms with Crippen LogP contribution in [-0.4, -0.2) is 26.5 Å². The molecule has 24 heavy (non-hydrogen) atoms. The Labute approximate surface area is 155 Å². The maximum Gasteiger partial charge on any atom is 0.234 e. The molecule has 1 amide bonds. The third-order valence-electron chi connectivity index (χ3n) is 3.27. The monoisotopic (exact) mass is 387 g/mol. The summed E-state index contributed by atoms with van der Waals surface area (Å²) in [5.74, 6) is 6.69. The van der Waals surface area contributed by atoms with Crippen LogP contribution in [0.25, 0.3) is 0 Å². The number of anilines is 1. The van der Waals surface area contributed by atoms with Crippen LogP contribution >= 0.6 is 35.0 Å². The fraction of sp³-hybridized carbons (Fsp3) is 0.400. The number of amides is 1. The van der Waals surface area contributed by atoms with Gasteiger partial charge in [0.05, 0.1) is 15.8 Å². The highest BCUT2D eigenvalue weighted by atomic mass is 35.5. The van der Waals surface area contributed by atoms with Crippen LogP contribution in [0, 0.1) is 0 Å². The first-order valence-corrected chi connectivity index (χ1v) is 9.32. The van der Waals surface area contributed by atoms with Crippen LogP contribution in [0.1, 0.15) is 32.0 Å². The zero-order valence-electron chi connectivity index (χ0n) is 13.3. The Morgan fingerprint density at radius 2 is 2.08 bits per heavy atom. The Hall–Kier alpha value is -1.44. The number of hydrogen-bond donors (Lipinski definition) is 2. The van der Waals surface area contributed by atoms with E-state index in [2.05, 4.69) is 22.4 Å². The fourth-order valence-corrected chi connectivity index (χ4v) is 2.98. The van der Waals surface area contributed by atoms with Crippen molar-refractivity contribution in [1.82, 2.24) is 14.9 Å². The molecule has 2 rings (SSSR count). The number of hydrogen-bond acceptors (Lipinski definition) is 5. The molecule has 0 bridgehead atoms. The number of nitrogens with zero attached hydrogens (tertiary/aromatic N) is 3. The third-order valence-corrected chi connectivity index (χ3v) is 4.96. The summed E-state index contributed by atoms with van der Waals surface area (Å²) in [5.41, 5.74) is 0.587. The van der Waals surface area contributed by atoms with E-state index in [1.165, 1.54) is 16.4 Å². The second kappa shape index (κ2) is 9.15. The van der Waals surface area contributed by atoms with Gasteiger partial charge in [0, 0.05) is 12.1 Å². The molecule has 0 atom stereocenters. The van der Waals surface area contributed by atoms with E-state index in [0.29, 0.717) is 20.9 Å². The van der Waals surface area contributed by atoms with Gasteiger partial charge >= 0.3 is 0 Å². The number of carbonyl (C=O) groups is 1. The number of carbonyl (C=O) groups excluding carboxylic acids is 1. The van der Waals surface area contributed by atoms with Gasteiger partial charge in [0.2, 0.25) is 11.1 Å². The Kier molecular flexibility index (Phi) is 7.20. The molecule has 1 heterocycles. The van der Waals surface area contributed by atoms with E-state index in [1.54, 1.807) is 18.2 Å². The summed E-state index contributed by atoms with van der Waals surface area (Å²) in [6.07, 6.45) is 4.07. The van der Waals surface area contributed by atoms with Gasteiger partial charge in [0.15, 0.2) is 5.82 Å². The number of nitrogens with two attached hydrogens (primary N) is 1. The Morgan fingerprint density at radius 1 is 1.29 bits per heavy atom. The van der Waals surface area contributed by atoms with Gasteiger partial charge in [-0.1, -0.05) is 54.7 Å². The van der Waals surface area contributed by atoms with Crippen LogP contribution in [-0.2, 0) is 11.2 Å². The molecule has 0 spiro atoms. The normalized spacial score (nSPS) is 10.8. The van der Waals surface area contributed by atoms with Crippen molar-refractivity contribution in [2.75, 3.05) is 16.9 Å². The first-order valence-electron chi connectivity index (χ1n) is 7.58. The molecule has 0 aliphatic rings. The highest BCUT2D eigenvalue weighted by molar-refractivity contribution is 7.99. The molecule has 0 fully saturated rings. The van der Waals surface area contributed by atoms with E-state index in [4.69, 9.17) is 29.0 Å². The van der Waals surface area contributed by atoms with E-state index >= 15 is 0 Å². The first kappa shape index (κ1) is 18.9. The van der Waals surface area contributed by atoms with Crippen LogP contribution < -0.4 is 11.2 Å². The maximum atomic E-state index is 12.0. The lowest BCUT2D eigenvalue weighted by Gasteiger charge is -2.06. The molecule has 0 saturated carbocycles. The van der Waals surface area contributed by atoms with Crippen molar-refractivity contribution in [2.24, 2.45) is 0 Å². The molecule has 9 heteroatoms. The highest BCUT2D eigenvalue weighted by Crippen LogP contribution is 2.25. The first-order chi connectivity index (χ1) is 11.5. The zero-order valence-corrected chi connectivity index (χ0v) is 15.6. The van der Waals surface area contributed by atoms with Gasteiger partial charge in [0.25, 0.3) is 0 Å². The van der Waals surface area contributed by atoms with Crippen LogP contribution in [0.15, 0.2) is 23.4 Å². The van der Waals surface area contributed by atoms with Gasteiger partial charge in [-0.15, -0.1) is 10.2 Å². The van der Waals surface area contributed by atoms with Gasteiger partial charge < -0.3 is 11.2 Å². The van der Waals surface area contributed by atoms with E-state index in [0.717, 1.165) is 31.5 Å². The Morgan fingerprint density at radius 3 is 2.79 bits per heavy atom. The van der Waals surface area contributed by atoms with Crippen molar-refractivity contribution in [3.63, 3.8) is 0 Å². The molecule has 2 aromatic rings. The smallest absolute Gasteiger partial charge is 0.234 e. The highest BCUT2D eigenvalue weighted by Gasteiger charge is 2.12. The number of aryl methyl sites for hydroxylation is 1. The van der Waals surface area contributed by atoms with E-state index < -0.39 is 0 Å². The second-order valence-electron chi connectivity index (χ2n) is 5.19. The minimum atomic E-state index is -0.186. The van der Waals surface area contributed by atoms with E-state index in [-0.39, 0.29) is 11.7 Å². The minimum Gasteiger partial charge on any atom is -0.336 e. The van der Waals surface area contributed by atoms with Crippen LogP contribution in [0.3, 0.4) is 0 Å². The standard InChI is InChI=1S/C15H19Cl2N5OS/c1-2-3-4-5-13-20-21-15(22(13)18)24-9-14(23)19-10-6-7-11(16)12(17)8-10/h6-8H,2-5,9,18H2,1H3,(H,19,23). The SMILES string of the molecule is CCCCCc1nnc(SCC(=O)Nc2ccc(Cl)c(Cl)c2)n1N. The predicted molar refractivity (Wildman–Crippen MR) is 99.2 cm³/mol. The number of nitrogen functional groups attached to an aromatic ring is 1. The van der Waals surface area contributed by atoms with Crippen molar-refractivity contribution in [1.29, 1.82) is 0 Å². The van der Waals surface area contributed by atoms with Gasteiger partial charge in [0.1, 0.15) is 0 Å². The largest absolute Gasteiger partial charge is 0.336 e. The lowest BCUT2D eigenvalue weighted by molar-refractivity contribution is -0.113. The average Bonchev–Trinajstić information content (AvgIpc) is 2.90. The lowest BCUT2D eigenvalue weighted by Crippen LogP contribution is -2.17. The maximum absolute atomic E-state index is 12.0. The van der Waals surface area contributed by atoms with Crippen molar-refractivity contribution in [2.45, 2.75) is 37.8 Å². The van der Waals surface area contributed by atoms with Gasteiger partial charge in [-0.3, -0.25) is 4.79 Å². The van der Waals surface area contributed by atoms with Crippen molar-refractivity contribution >= 4 is 46.6 Å². The molecule has 0 saturated heterocycles. The lowest BCUT2D eigenvalue weighted by atomic mass is 10.2. The number of unbranched alkanes of at least 4 members (excludes halogenated alkanes) is 2. The molecule has 0 aliphatic carbocycles. The Bertz CT molecular complexity index is 707. The molecule has 3 N–H and O–H groups in total. The number of rotatable bonds is 8. The fourth-order valence-electron chi connectivity index (χ4n) is 2.01. The summed E-state index contributed by atoms with van der Waals surface area (Å²) in [6.45, 7) is 2.14. The van der Waals surface area contributed by atoms with Crippen molar-refractivity contribution in [3.8, 4) is 0 Å². The number of benzene rings is 1. The number of aromatic nitrogens is 3. The van der Waals surface area contributed by atoms with Crippen LogP contribution in [0.2, 0.25) is 10.0 Å². The summed E-state index contributed by atoms with van der Waals surface area (Å²) in [4.78, 5) is 12.0. The molecule has 6 nitrogen and oxygen atoms in total. The molecule has 1 aromatic heterocycles. The summed E-state index contributed by atoms with van der Waals surface area (Å²) in [7, 11) is 0. The summed E-state index contributed by atoms with van der Waals surface area (Å²) in [6, 6.07) is 4.92. The van der Waals surface area contributed by atoms with Gasteiger partial charge in [-0.25, -0.2) is 4.68 Å². The number of thioether (sulfide) groups is 1. The average molecular weight is 388 g/mol. The molecule has 130 valence electrons. The summed E-state index contributed by atoms with van der Waals surface area (Å²) in [5, 5.41) is 12.2. The predicted octanol–water partition coefficient (Wildman–Crippen LogP) is 3.76. The van der Waals surface area contributed by atoms with Gasteiger partial charge in [-0.05, 0) is 24.6 Å².